The van der Waals surface area contributed by atoms with Gasteiger partial charge < -0.3 is 19.6 Å². The fraction of sp³-hybridized carbons (Fsp3) is 0.583. The van der Waals surface area contributed by atoms with Crippen molar-refractivity contribution in [2.24, 2.45) is 0 Å². The summed E-state index contributed by atoms with van der Waals surface area (Å²) >= 11 is 0. The number of piperidine rings is 2. The lowest BCUT2D eigenvalue weighted by atomic mass is 9.93. The van der Waals surface area contributed by atoms with Crippen molar-refractivity contribution in [1.82, 2.24) is 35.0 Å². The van der Waals surface area contributed by atoms with Gasteiger partial charge in [0.1, 0.15) is 11.3 Å². The van der Waals surface area contributed by atoms with Crippen LogP contribution in [-0.2, 0) is 0 Å². The number of halogens is 1. The van der Waals surface area contributed by atoms with Crippen LogP contribution in [0, 0.1) is 5.82 Å². The molecule has 5 rings (SSSR count). The smallest absolute Gasteiger partial charge is 0.317 e. The predicted octanol–water partition coefficient (Wildman–Crippen LogP) is 3.65. The SMILES string of the molecule is CNC(=O)N1CCC(N2CCC(c3nc(-n4nc(C(C)C)c5cccc(F)c54)no3)CC2)CC1. The molecule has 0 unspecified atom stereocenters. The van der Waals surface area contributed by atoms with E-state index in [1.165, 1.54) is 10.7 Å². The molecule has 2 amide bonds. The summed E-state index contributed by atoms with van der Waals surface area (Å²) in [5.74, 6) is 0.847. The first kappa shape index (κ1) is 22.8. The molecule has 2 fully saturated rings. The Morgan fingerprint density at radius 2 is 1.88 bits per heavy atom. The van der Waals surface area contributed by atoms with Crippen LogP contribution in [0.5, 0.6) is 0 Å². The van der Waals surface area contributed by atoms with Crippen molar-refractivity contribution in [1.29, 1.82) is 0 Å². The van der Waals surface area contributed by atoms with Crippen molar-refractivity contribution in [2.45, 2.75) is 57.4 Å². The van der Waals surface area contributed by atoms with E-state index in [-0.39, 0.29) is 29.6 Å². The third-order valence-corrected chi connectivity index (χ3v) is 7.21. The quantitative estimate of drug-likeness (QED) is 0.627. The number of para-hydroxylation sites is 1. The minimum atomic E-state index is -0.348. The van der Waals surface area contributed by atoms with Crippen LogP contribution < -0.4 is 5.32 Å². The Hall–Kier alpha value is -3.01. The summed E-state index contributed by atoms with van der Waals surface area (Å²) in [4.78, 5) is 20.9. The first-order valence-electron chi connectivity index (χ1n) is 12.2. The van der Waals surface area contributed by atoms with Crippen LogP contribution in [-0.4, -0.2) is 75.0 Å². The average molecular weight is 470 g/mol. The van der Waals surface area contributed by atoms with Crippen LogP contribution in [0.3, 0.4) is 0 Å². The molecule has 1 aromatic carbocycles. The summed E-state index contributed by atoms with van der Waals surface area (Å²) in [5, 5.41) is 12.3. The summed E-state index contributed by atoms with van der Waals surface area (Å²) in [6.07, 6.45) is 3.86. The van der Waals surface area contributed by atoms with Gasteiger partial charge in [0.2, 0.25) is 5.89 Å². The van der Waals surface area contributed by atoms with Crippen molar-refractivity contribution >= 4 is 16.9 Å². The van der Waals surface area contributed by atoms with Crippen LogP contribution in [0.4, 0.5) is 9.18 Å². The number of rotatable bonds is 4. The number of fused-ring (bicyclic) bond motifs is 1. The van der Waals surface area contributed by atoms with Gasteiger partial charge in [0.05, 0.1) is 5.69 Å². The fourth-order valence-corrected chi connectivity index (χ4v) is 5.30. The number of likely N-dealkylation sites (tertiary alicyclic amines) is 2. The Balaban J connectivity index is 1.26. The van der Waals surface area contributed by atoms with Crippen LogP contribution >= 0.6 is 0 Å². The molecule has 0 atom stereocenters. The van der Waals surface area contributed by atoms with Crippen molar-refractivity contribution in [2.75, 3.05) is 33.2 Å². The van der Waals surface area contributed by atoms with Gasteiger partial charge >= 0.3 is 6.03 Å². The molecule has 2 saturated heterocycles. The lowest BCUT2D eigenvalue weighted by molar-refractivity contribution is 0.0921. The number of aromatic nitrogens is 4. The highest BCUT2D eigenvalue weighted by atomic mass is 19.1. The van der Waals surface area contributed by atoms with Gasteiger partial charge in [0.25, 0.3) is 5.95 Å². The summed E-state index contributed by atoms with van der Waals surface area (Å²) < 4.78 is 21.8. The lowest BCUT2D eigenvalue weighted by Crippen LogP contribution is -2.50. The monoisotopic (exact) mass is 469 g/mol. The van der Waals surface area contributed by atoms with Gasteiger partial charge in [-0.05, 0) is 55.9 Å². The van der Waals surface area contributed by atoms with Gasteiger partial charge in [-0.2, -0.15) is 14.8 Å². The third kappa shape index (κ3) is 4.15. The Kier molecular flexibility index (Phi) is 6.24. The molecule has 3 aromatic rings. The van der Waals surface area contributed by atoms with Crippen molar-refractivity contribution in [3.8, 4) is 5.95 Å². The second-order valence-corrected chi connectivity index (χ2v) is 9.60. The summed E-state index contributed by atoms with van der Waals surface area (Å²) in [7, 11) is 1.68. The second kappa shape index (κ2) is 9.32. The maximum atomic E-state index is 14.7. The highest BCUT2D eigenvalue weighted by Gasteiger charge is 2.32. The molecule has 0 spiro atoms. The summed E-state index contributed by atoms with van der Waals surface area (Å²) in [5.41, 5.74) is 1.20. The molecule has 182 valence electrons. The number of nitrogens with one attached hydrogen (secondary N) is 1. The Bertz CT molecular complexity index is 1160. The maximum Gasteiger partial charge on any atom is 0.317 e. The minimum absolute atomic E-state index is 0.00899. The van der Waals surface area contributed by atoms with Gasteiger partial charge in [-0.15, -0.1) is 0 Å². The summed E-state index contributed by atoms with van der Waals surface area (Å²) in [6, 6.07) is 5.53. The number of benzene rings is 1. The molecule has 10 heteroatoms. The van der Waals surface area contributed by atoms with Gasteiger partial charge in [-0.3, -0.25) is 0 Å². The maximum absolute atomic E-state index is 14.7. The van der Waals surface area contributed by atoms with E-state index in [1.807, 2.05) is 24.8 Å². The molecule has 9 nitrogen and oxygen atoms in total. The molecular formula is C24H32FN7O2. The molecule has 2 aromatic heterocycles. The molecule has 0 radical (unpaired) electrons. The fourth-order valence-electron chi connectivity index (χ4n) is 5.30. The van der Waals surface area contributed by atoms with E-state index in [0.717, 1.165) is 62.9 Å². The molecular weight excluding hydrogens is 437 g/mol. The normalized spacial score (nSPS) is 18.8. The summed E-state index contributed by atoms with van der Waals surface area (Å²) in [6.45, 7) is 7.59. The molecule has 2 aliphatic rings. The van der Waals surface area contributed by atoms with E-state index in [0.29, 0.717) is 17.4 Å². The number of nitrogens with zero attached hydrogens (tertiary/aromatic N) is 6. The van der Waals surface area contributed by atoms with Crippen LogP contribution in [0.25, 0.3) is 16.9 Å². The van der Waals surface area contributed by atoms with Gasteiger partial charge in [0, 0.05) is 37.5 Å². The van der Waals surface area contributed by atoms with Crippen molar-refractivity contribution in [3.63, 3.8) is 0 Å². The van der Waals surface area contributed by atoms with E-state index >= 15 is 0 Å². The van der Waals surface area contributed by atoms with E-state index in [4.69, 9.17) is 4.52 Å². The van der Waals surface area contributed by atoms with Gasteiger partial charge in [-0.25, -0.2) is 9.18 Å². The Morgan fingerprint density at radius 3 is 2.56 bits per heavy atom. The third-order valence-electron chi connectivity index (χ3n) is 7.21. The zero-order valence-corrected chi connectivity index (χ0v) is 20.0. The van der Waals surface area contributed by atoms with Gasteiger partial charge in [-0.1, -0.05) is 26.0 Å². The van der Waals surface area contributed by atoms with Crippen molar-refractivity contribution in [3.05, 3.63) is 35.6 Å². The Labute approximate surface area is 198 Å². The number of carbonyl (C=O) groups excluding carboxylic acids is 1. The molecule has 0 saturated carbocycles. The van der Waals surface area contributed by atoms with E-state index in [2.05, 4.69) is 25.5 Å². The number of hydrogen-bond donors (Lipinski definition) is 1. The molecule has 0 aliphatic carbocycles. The number of hydrogen-bond acceptors (Lipinski definition) is 6. The van der Waals surface area contributed by atoms with Gasteiger partial charge in [0.15, 0.2) is 0 Å². The highest BCUT2D eigenvalue weighted by Crippen LogP contribution is 2.32. The molecule has 0 bridgehead atoms. The first-order valence-corrected chi connectivity index (χ1v) is 12.2. The number of carbonyl (C=O) groups is 1. The number of urea groups is 1. The zero-order valence-electron chi connectivity index (χ0n) is 20.0. The topological polar surface area (TPSA) is 92.3 Å². The molecule has 2 aliphatic heterocycles. The minimum Gasteiger partial charge on any atom is -0.341 e. The van der Waals surface area contributed by atoms with E-state index in [9.17, 15) is 9.18 Å². The van der Waals surface area contributed by atoms with E-state index in [1.54, 1.807) is 13.1 Å². The van der Waals surface area contributed by atoms with E-state index < -0.39 is 0 Å². The van der Waals surface area contributed by atoms with Crippen LogP contribution in [0.15, 0.2) is 22.7 Å². The Morgan fingerprint density at radius 1 is 1.15 bits per heavy atom. The zero-order chi connectivity index (χ0) is 23.8. The number of amides is 2. The van der Waals surface area contributed by atoms with Crippen LogP contribution in [0.1, 0.15) is 63.0 Å². The van der Waals surface area contributed by atoms with Crippen LogP contribution in [0.2, 0.25) is 0 Å². The highest BCUT2D eigenvalue weighted by molar-refractivity contribution is 5.84. The average Bonchev–Trinajstić information content (AvgIpc) is 3.50. The van der Waals surface area contributed by atoms with Crippen molar-refractivity contribution < 1.29 is 13.7 Å². The molecule has 34 heavy (non-hydrogen) atoms. The largest absolute Gasteiger partial charge is 0.341 e. The lowest BCUT2D eigenvalue weighted by Gasteiger charge is -2.41. The molecule has 4 heterocycles. The predicted molar refractivity (Wildman–Crippen MR) is 126 cm³/mol. The molecule has 1 N–H and O–H groups in total. The first-order chi connectivity index (χ1) is 16.5. The second-order valence-electron chi connectivity index (χ2n) is 9.60. The standard InChI is InChI=1S/C24H32FN7O2/c1-15(2)20-18-5-4-6-19(25)21(18)32(28-20)23-27-22(34-29-23)16-7-11-30(12-8-16)17-9-13-31(14-10-17)24(33)26-3/h4-6,15-17H,7-14H2,1-3H3,(H,26,33).